The van der Waals surface area contributed by atoms with Crippen LogP contribution in [0.5, 0.6) is 0 Å². The molecule has 0 bridgehead atoms. The van der Waals surface area contributed by atoms with Crippen molar-refractivity contribution in [2.45, 2.75) is 26.7 Å². The summed E-state index contributed by atoms with van der Waals surface area (Å²) in [4.78, 5) is 21.5. The Morgan fingerprint density at radius 3 is 2.62 bits per heavy atom. The number of carbonyl (C=O) groups excluding carboxylic acids is 1. The van der Waals surface area contributed by atoms with Gasteiger partial charge in [-0.05, 0) is 24.7 Å². The first kappa shape index (κ1) is 10.2. The zero-order valence-corrected chi connectivity index (χ0v) is 8.06. The summed E-state index contributed by atoms with van der Waals surface area (Å²) >= 11 is 0. The van der Waals surface area contributed by atoms with Gasteiger partial charge in [0.2, 0.25) is 0 Å². The Hall–Kier alpha value is -0.860. The van der Waals surface area contributed by atoms with Gasteiger partial charge in [0.25, 0.3) is 0 Å². The minimum Gasteiger partial charge on any atom is -0.481 e. The highest BCUT2D eigenvalue weighted by molar-refractivity contribution is 5.72. The van der Waals surface area contributed by atoms with E-state index in [9.17, 15) is 9.59 Å². The van der Waals surface area contributed by atoms with Crippen molar-refractivity contribution in [1.29, 1.82) is 0 Å². The molecule has 3 heteroatoms. The highest BCUT2D eigenvalue weighted by atomic mass is 16.4. The molecular formula is C10H16O3. The summed E-state index contributed by atoms with van der Waals surface area (Å²) in [6.07, 6.45) is 2.68. The zero-order valence-electron chi connectivity index (χ0n) is 8.06. The van der Waals surface area contributed by atoms with Crippen LogP contribution in [0, 0.1) is 23.7 Å². The highest BCUT2D eigenvalue weighted by Crippen LogP contribution is 2.40. The third-order valence-electron chi connectivity index (χ3n) is 3.20. The van der Waals surface area contributed by atoms with Crippen molar-refractivity contribution in [1.82, 2.24) is 0 Å². The summed E-state index contributed by atoms with van der Waals surface area (Å²) in [7, 11) is 0. The maximum atomic E-state index is 10.9. The molecule has 0 amide bonds. The Bertz CT molecular complexity index is 212. The average Bonchev–Trinajstić information content (AvgIpc) is 2.45. The first-order chi connectivity index (χ1) is 6.07. The van der Waals surface area contributed by atoms with Crippen molar-refractivity contribution in [3.63, 3.8) is 0 Å². The molecule has 1 saturated carbocycles. The fourth-order valence-electron chi connectivity index (χ4n) is 2.35. The van der Waals surface area contributed by atoms with Gasteiger partial charge < -0.3 is 9.90 Å². The van der Waals surface area contributed by atoms with Gasteiger partial charge in [0.05, 0.1) is 5.92 Å². The van der Waals surface area contributed by atoms with E-state index in [4.69, 9.17) is 5.11 Å². The molecule has 0 heterocycles. The van der Waals surface area contributed by atoms with Gasteiger partial charge in [0.1, 0.15) is 6.29 Å². The number of aliphatic carboxylic acids is 1. The van der Waals surface area contributed by atoms with Gasteiger partial charge >= 0.3 is 5.97 Å². The molecule has 0 aromatic heterocycles. The van der Waals surface area contributed by atoms with Crippen molar-refractivity contribution in [2.24, 2.45) is 23.7 Å². The fourth-order valence-corrected chi connectivity index (χ4v) is 2.35. The minimum absolute atomic E-state index is 0.0463. The molecule has 0 spiro atoms. The molecule has 4 atom stereocenters. The van der Waals surface area contributed by atoms with E-state index in [0.29, 0.717) is 0 Å². The fraction of sp³-hybridized carbons (Fsp3) is 0.800. The van der Waals surface area contributed by atoms with E-state index in [1.54, 1.807) is 0 Å². The van der Waals surface area contributed by atoms with Crippen molar-refractivity contribution < 1.29 is 14.7 Å². The van der Waals surface area contributed by atoms with E-state index in [1.165, 1.54) is 0 Å². The van der Waals surface area contributed by atoms with E-state index in [-0.39, 0.29) is 23.7 Å². The van der Waals surface area contributed by atoms with E-state index in [2.05, 4.69) is 0 Å². The molecular weight excluding hydrogens is 168 g/mol. The Kier molecular flexibility index (Phi) is 3.07. The SMILES string of the molecule is C[C@H](C=O)[C@H]1CC[C@@H](C)[C@H]1C(=O)O. The number of hydrogen-bond acceptors (Lipinski definition) is 2. The van der Waals surface area contributed by atoms with E-state index < -0.39 is 5.97 Å². The zero-order chi connectivity index (χ0) is 10.0. The summed E-state index contributed by atoms with van der Waals surface area (Å²) in [6, 6.07) is 0. The summed E-state index contributed by atoms with van der Waals surface area (Å²) < 4.78 is 0. The van der Waals surface area contributed by atoms with Crippen molar-refractivity contribution >= 4 is 12.3 Å². The van der Waals surface area contributed by atoms with Crippen LogP contribution in [0.15, 0.2) is 0 Å². The van der Waals surface area contributed by atoms with Gasteiger partial charge in [0.15, 0.2) is 0 Å². The Balaban J connectivity index is 2.75. The number of carboxylic acid groups (broad SMARTS) is 1. The van der Waals surface area contributed by atoms with Crippen LogP contribution in [0.2, 0.25) is 0 Å². The van der Waals surface area contributed by atoms with E-state index in [0.717, 1.165) is 19.1 Å². The van der Waals surface area contributed by atoms with Crippen LogP contribution in [0.1, 0.15) is 26.7 Å². The molecule has 0 unspecified atom stereocenters. The number of aldehydes is 1. The van der Waals surface area contributed by atoms with Gasteiger partial charge in [-0.3, -0.25) is 4.79 Å². The summed E-state index contributed by atoms with van der Waals surface area (Å²) in [5.74, 6) is -0.926. The lowest BCUT2D eigenvalue weighted by molar-refractivity contribution is -0.145. The van der Waals surface area contributed by atoms with Crippen LogP contribution in [-0.2, 0) is 9.59 Å². The first-order valence-corrected chi connectivity index (χ1v) is 4.76. The molecule has 0 radical (unpaired) electrons. The smallest absolute Gasteiger partial charge is 0.307 e. The second kappa shape index (κ2) is 3.90. The van der Waals surface area contributed by atoms with Gasteiger partial charge in [0, 0.05) is 5.92 Å². The number of rotatable bonds is 3. The lowest BCUT2D eigenvalue weighted by Gasteiger charge is -2.20. The van der Waals surface area contributed by atoms with E-state index >= 15 is 0 Å². The van der Waals surface area contributed by atoms with Gasteiger partial charge in [-0.15, -0.1) is 0 Å². The topological polar surface area (TPSA) is 54.4 Å². The number of hydrogen-bond donors (Lipinski definition) is 1. The van der Waals surface area contributed by atoms with Crippen LogP contribution in [-0.4, -0.2) is 17.4 Å². The molecule has 1 aliphatic carbocycles. The molecule has 0 aromatic rings. The summed E-state index contributed by atoms with van der Waals surface area (Å²) in [5.41, 5.74) is 0. The Labute approximate surface area is 78.1 Å². The molecule has 13 heavy (non-hydrogen) atoms. The normalized spacial score (nSPS) is 35.7. The molecule has 1 rings (SSSR count). The predicted octanol–water partition coefficient (Wildman–Crippen LogP) is 1.57. The monoisotopic (exact) mass is 184 g/mol. The second-order valence-electron chi connectivity index (χ2n) is 4.08. The Morgan fingerprint density at radius 2 is 2.15 bits per heavy atom. The number of carboxylic acids is 1. The first-order valence-electron chi connectivity index (χ1n) is 4.76. The van der Waals surface area contributed by atoms with Gasteiger partial charge in [-0.1, -0.05) is 13.8 Å². The van der Waals surface area contributed by atoms with Crippen LogP contribution in [0.25, 0.3) is 0 Å². The van der Waals surface area contributed by atoms with Crippen molar-refractivity contribution in [3.8, 4) is 0 Å². The van der Waals surface area contributed by atoms with Gasteiger partial charge in [-0.2, -0.15) is 0 Å². The van der Waals surface area contributed by atoms with Crippen molar-refractivity contribution in [3.05, 3.63) is 0 Å². The number of carbonyl (C=O) groups is 2. The maximum absolute atomic E-state index is 10.9. The molecule has 1 N–H and O–H groups in total. The van der Waals surface area contributed by atoms with Gasteiger partial charge in [-0.25, -0.2) is 0 Å². The molecule has 0 aromatic carbocycles. The summed E-state index contributed by atoms with van der Waals surface area (Å²) in [6.45, 7) is 3.77. The maximum Gasteiger partial charge on any atom is 0.307 e. The third kappa shape index (κ3) is 1.90. The predicted molar refractivity (Wildman–Crippen MR) is 48.2 cm³/mol. The van der Waals surface area contributed by atoms with Crippen molar-refractivity contribution in [2.75, 3.05) is 0 Å². The standard InChI is InChI=1S/C10H16O3/c1-6-3-4-8(7(2)5-11)9(6)10(12)13/h5-9H,3-4H2,1-2H3,(H,12,13)/t6-,7-,8-,9-/m1/s1. The molecule has 3 nitrogen and oxygen atoms in total. The Morgan fingerprint density at radius 1 is 1.54 bits per heavy atom. The molecule has 1 aliphatic rings. The highest BCUT2D eigenvalue weighted by Gasteiger charge is 2.40. The second-order valence-corrected chi connectivity index (χ2v) is 4.08. The van der Waals surface area contributed by atoms with Crippen LogP contribution in [0.4, 0.5) is 0 Å². The lowest BCUT2D eigenvalue weighted by atomic mass is 9.83. The van der Waals surface area contributed by atoms with Crippen LogP contribution in [0.3, 0.4) is 0 Å². The third-order valence-corrected chi connectivity index (χ3v) is 3.20. The quantitative estimate of drug-likeness (QED) is 0.677. The minimum atomic E-state index is -0.747. The average molecular weight is 184 g/mol. The molecule has 74 valence electrons. The van der Waals surface area contributed by atoms with Crippen LogP contribution >= 0.6 is 0 Å². The molecule has 0 aliphatic heterocycles. The largest absolute Gasteiger partial charge is 0.481 e. The lowest BCUT2D eigenvalue weighted by Crippen LogP contribution is -2.27. The molecule has 0 saturated heterocycles. The summed E-state index contributed by atoms with van der Waals surface area (Å²) in [5, 5.41) is 8.98. The molecule has 1 fully saturated rings. The van der Waals surface area contributed by atoms with E-state index in [1.807, 2.05) is 13.8 Å². The van der Waals surface area contributed by atoms with Crippen LogP contribution < -0.4 is 0 Å².